The Hall–Kier alpha value is -1.65. The van der Waals surface area contributed by atoms with Crippen LogP contribution in [0.2, 0.25) is 5.02 Å². The summed E-state index contributed by atoms with van der Waals surface area (Å²) in [5.41, 5.74) is 2.07. The van der Waals surface area contributed by atoms with E-state index in [9.17, 15) is 0 Å². The number of nitrogens with zero attached hydrogens (tertiary/aromatic N) is 2. The van der Waals surface area contributed by atoms with Crippen LogP contribution in [0.5, 0.6) is 0 Å². The molecule has 0 unspecified atom stereocenters. The van der Waals surface area contributed by atoms with Gasteiger partial charge in [-0.2, -0.15) is 0 Å². The van der Waals surface area contributed by atoms with Gasteiger partial charge in [0.05, 0.1) is 6.54 Å². The SMILES string of the molecule is CNCc1nccc(Nc2cc(Cl)ccc2C)n1. The molecule has 0 amide bonds. The molecule has 0 aliphatic heterocycles. The summed E-state index contributed by atoms with van der Waals surface area (Å²) in [7, 11) is 1.87. The zero-order chi connectivity index (χ0) is 13.0. The van der Waals surface area contributed by atoms with Crippen molar-refractivity contribution in [1.82, 2.24) is 15.3 Å². The number of anilines is 2. The fourth-order valence-electron chi connectivity index (χ4n) is 1.58. The Morgan fingerprint density at radius 3 is 2.89 bits per heavy atom. The Kier molecular flexibility index (Phi) is 4.12. The molecule has 18 heavy (non-hydrogen) atoms. The summed E-state index contributed by atoms with van der Waals surface area (Å²) in [6, 6.07) is 7.56. The first-order valence-corrected chi connectivity index (χ1v) is 6.06. The van der Waals surface area contributed by atoms with Gasteiger partial charge < -0.3 is 10.6 Å². The highest BCUT2D eigenvalue weighted by molar-refractivity contribution is 6.30. The second-order valence-corrected chi connectivity index (χ2v) is 4.41. The normalized spacial score (nSPS) is 10.4. The average molecular weight is 263 g/mol. The molecular weight excluding hydrogens is 248 g/mol. The van der Waals surface area contributed by atoms with Crippen LogP contribution >= 0.6 is 11.6 Å². The maximum Gasteiger partial charge on any atom is 0.144 e. The van der Waals surface area contributed by atoms with Crippen LogP contribution in [-0.4, -0.2) is 17.0 Å². The van der Waals surface area contributed by atoms with Crippen LogP contribution in [0.15, 0.2) is 30.5 Å². The summed E-state index contributed by atoms with van der Waals surface area (Å²) in [6.07, 6.45) is 1.74. The minimum absolute atomic E-state index is 0.643. The average Bonchev–Trinajstić information content (AvgIpc) is 2.35. The van der Waals surface area contributed by atoms with E-state index in [1.807, 2.05) is 38.2 Å². The van der Waals surface area contributed by atoms with Crippen molar-refractivity contribution in [2.75, 3.05) is 12.4 Å². The second kappa shape index (κ2) is 5.80. The molecule has 94 valence electrons. The predicted octanol–water partition coefficient (Wildman–Crippen LogP) is 2.90. The molecule has 0 saturated heterocycles. The molecule has 0 bridgehead atoms. The lowest BCUT2D eigenvalue weighted by Crippen LogP contribution is -2.09. The van der Waals surface area contributed by atoms with Gasteiger partial charge in [0, 0.05) is 16.9 Å². The van der Waals surface area contributed by atoms with Crippen LogP contribution in [0, 0.1) is 6.92 Å². The fourth-order valence-corrected chi connectivity index (χ4v) is 1.75. The van der Waals surface area contributed by atoms with Crippen LogP contribution in [0.25, 0.3) is 0 Å². The molecule has 2 aromatic rings. The van der Waals surface area contributed by atoms with E-state index in [1.165, 1.54) is 0 Å². The summed E-state index contributed by atoms with van der Waals surface area (Å²) in [4.78, 5) is 8.57. The monoisotopic (exact) mass is 262 g/mol. The van der Waals surface area contributed by atoms with E-state index in [-0.39, 0.29) is 0 Å². The Balaban J connectivity index is 2.22. The van der Waals surface area contributed by atoms with Crippen LogP contribution in [0.4, 0.5) is 11.5 Å². The smallest absolute Gasteiger partial charge is 0.144 e. The molecule has 0 spiro atoms. The van der Waals surface area contributed by atoms with Crippen molar-refractivity contribution in [3.8, 4) is 0 Å². The number of aryl methyl sites for hydroxylation is 1. The van der Waals surface area contributed by atoms with E-state index < -0.39 is 0 Å². The van der Waals surface area contributed by atoms with Gasteiger partial charge in [-0.25, -0.2) is 9.97 Å². The Morgan fingerprint density at radius 1 is 1.28 bits per heavy atom. The number of rotatable bonds is 4. The maximum absolute atomic E-state index is 5.98. The molecule has 0 atom stereocenters. The number of hydrogen-bond donors (Lipinski definition) is 2. The topological polar surface area (TPSA) is 49.8 Å². The highest BCUT2D eigenvalue weighted by Gasteiger charge is 2.02. The predicted molar refractivity (Wildman–Crippen MR) is 74.3 cm³/mol. The molecule has 1 aromatic heterocycles. The summed E-state index contributed by atoms with van der Waals surface area (Å²) in [5, 5.41) is 6.97. The minimum atomic E-state index is 0.643. The highest BCUT2D eigenvalue weighted by atomic mass is 35.5. The standard InChI is InChI=1S/C13H15ClN4/c1-9-3-4-10(14)7-11(9)17-12-5-6-16-13(18-12)8-15-2/h3-7,15H,8H2,1-2H3,(H,16,17,18). The van der Waals surface area contributed by atoms with Gasteiger partial charge in [-0.1, -0.05) is 17.7 Å². The van der Waals surface area contributed by atoms with Gasteiger partial charge in [0.25, 0.3) is 0 Å². The van der Waals surface area contributed by atoms with E-state index in [2.05, 4.69) is 20.6 Å². The van der Waals surface area contributed by atoms with Crippen LogP contribution in [0.3, 0.4) is 0 Å². The first kappa shape index (κ1) is 12.8. The maximum atomic E-state index is 5.98. The first-order chi connectivity index (χ1) is 8.69. The minimum Gasteiger partial charge on any atom is -0.340 e. The van der Waals surface area contributed by atoms with Crippen molar-refractivity contribution in [2.24, 2.45) is 0 Å². The lowest BCUT2D eigenvalue weighted by atomic mass is 10.2. The molecule has 1 heterocycles. The van der Waals surface area contributed by atoms with Crippen LogP contribution < -0.4 is 10.6 Å². The van der Waals surface area contributed by atoms with Crippen molar-refractivity contribution >= 4 is 23.1 Å². The molecule has 2 rings (SSSR count). The molecule has 0 radical (unpaired) electrons. The van der Waals surface area contributed by atoms with Gasteiger partial charge in [-0.05, 0) is 37.7 Å². The summed E-state index contributed by atoms with van der Waals surface area (Å²) in [5.74, 6) is 1.52. The van der Waals surface area contributed by atoms with Crippen molar-refractivity contribution in [1.29, 1.82) is 0 Å². The highest BCUT2D eigenvalue weighted by Crippen LogP contribution is 2.23. The van der Waals surface area contributed by atoms with Gasteiger partial charge in [0.15, 0.2) is 0 Å². The van der Waals surface area contributed by atoms with Crippen LogP contribution in [-0.2, 0) is 6.54 Å². The Morgan fingerprint density at radius 2 is 2.11 bits per heavy atom. The van der Waals surface area contributed by atoms with Crippen molar-refractivity contribution in [3.63, 3.8) is 0 Å². The largest absolute Gasteiger partial charge is 0.340 e. The lowest BCUT2D eigenvalue weighted by Gasteiger charge is -2.10. The van der Waals surface area contributed by atoms with Crippen molar-refractivity contribution in [3.05, 3.63) is 46.9 Å². The van der Waals surface area contributed by atoms with Gasteiger partial charge in [0.1, 0.15) is 11.6 Å². The van der Waals surface area contributed by atoms with E-state index in [0.717, 1.165) is 22.9 Å². The van der Waals surface area contributed by atoms with Gasteiger partial charge in [-0.3, -0.25) is 0 Å². The molecule has 0 saturated carbocycles. The zero-order valence-electron chi connectivity index (χ0n) is 10.4. The van der Waals surface area contributed by atoms with Gasteiger partial charge in [-0.15, -0.1) is 0 Å². The first-order valence-electron chi connectivity index (χ1n) is 5.69. The van der Waals surface area contributed by atoms with Crippen LogP contribution in [0.1, 0.15) is 11.4 Å². The molecule has 0 aliphatic carbocycles. The Labute approximate surface area is 111 Å². The third-order valence-corrected chi connectivity index (χ3v) is 2.74. The summed E-state index contributed by atoms with van der Waals surface area (Å²) < 4.78 is 0. The second-order valence-electron chi connectivity index (χ2n) is 3.97. The van der Waals surface area contributed by atoms with Gasteiger partial charge in [0.2, 0.25) is 0 Å². The summed E-state index contributed by atoms with van der Waals surface area (Å²) >= 11 is 5.98. The number of hydrogen-bond acceptors (Lipinski definition) is 4. The molecule has 2 N–H and O–H groups in total. The van der Waals surface area contributed by atoms with Crippen molar-refractivity contribution in [2.45, 2.75) is 13.5 Å². The third kappa shape index (κ3) is 3.18. The number of nitrogens with one attached hydrogen (secondary N) is 2. The zero-order valence-corrected chi connectivity index (χ0v) is 11.1. The number of halogens is 1. The third-order valence-electron chi connectivity index (χ3n) is 2.50. The Bertz CT molecular complexity index is 542. The van der Waals surface area contributed by atoms with E-state index >= 15 is 0 Å². The molecule has 0 fully saturated rings. The molecule has 0 aliphatic rings. The molecule has 4 nitrogen and oxygen atoms in total. The van der Waals surface area contributed by atoms with E-state index in [0.29, 0.717) is 11.6 Å². The fraction of sp³-hybridized carbons (Fsp3) is 0.231. The lowest BCUT2D eigenvalue weighted by molar-refractivity contribution is 0.759. The van der Waals surface area contributed by atoms with Crippen molar-refractivity contribution < 1.29 is 0 Å². The quantitative estimate of drug-likeness (QED) is 0.890. The summed E-state index contributed by atoms with van der Waals surface area (Å²) in [6.45, 7) is 2.67. The number of benzene rings is 1. The van der Waals surface area contributed by atoms with Gasteiger partial charge >= 0.3 is 0 Å². The molecule has 1 aromatic carbocycles. The number of aromatic nitrogens is 2. The molecular formula is C13H15ClN4. The van der Waals surface area contributed by atoms with E-state index in [4.69, 9.17) is 11.6 Å². The molecule has 5 heteroatoms. The van der Waals surface area contributed by atoms with E-state index in [1.54, 1.807) is 6.20 Å².